The van der Waals surface area contributed by atoms with Gasteiger partial charge in [0.15, 0.2) is 0 Å². The lowest BCUT2D eigenvalue weighted by atomic mass is 9.78. The number of piperidine rings is 3. The first-order valence-corrected chi connectivity index (χ1v) is 6.14. The molecule has 3 fully saturated rings. The summed E-state index contributed by atoms with van der Waals surface area (Å²) < 4.78 is 0. The quantitative estimate of drug-likeness (QED) is 0.587. The number of ketones is 1. The monoisotopic (exact) mass is 193 g/mol. The molecule has 1 unspecified atom stereocenters. The van der Waals surface area contributed by atoms with E-state index in [1.807, 2.05) is 0 Å². The molecule has 3 heterocycles. The summed E-state index contributed by atoms with van der Waals surface area (Å²) >= 11 is 0. The zero-order valence-electron chi connectivity index (χ0n) is 8.74. The van der Waals surface area contributed by atoms with Gasteiger partial charge in [-0.2, -0.15) is 0 Å². The lowest BCUT2D eigenvalue weighted by molar-refractivity contribution is -0.130. The van der Waals surface area contributed by atoms with Crippen molar-refractivity contribution in [3.63, 3.8) is 0 Å². The molecule has 3 saturated heterocycles. The number of rotatable bonds is 0. The summed E-state index contributed by atoms with van der Waals surface area (Å²) in [7, 11) is 0. The van der Waals surface area contributed by atoms with Crippen molar-refractivity contribution in [2.24, 2.45) is 0 Å². The van der Waals surface area contributed by atoms with E-state index in [0.717, 1.165) is 18.9 Å². The molecule has 3 aliphatic rings. The SMILES string of the molecule is O=C1C[C@H]2CCCC3CCC[C@@H](C1)N32. The Labute approximate surface area is 85.7 Å². The zero-order chi connectivity index (χ0) is 9.54. The van der Waals surface area contributed by atoms with E-state index in [2.05, 4.69) is 4.90 Å². The van der Waals surface area contributed by atoms with Gasteiger partial charge < -0.3 is 0 Å². The summed E-state index contributed by atoms with van der Waals surface area (Å²) in [5.41, 5.74) is 0. The van der Waals surface area contributed by atoms with Crippen LogP contribution in [0.5, 0.6) is 0 Å². The molecule has 2 heteroatoms. The molecule has 3 atom stereocenters. The van der Waals surface area contributed by atoms with E-state index in [4.69, 9.17) is 0 Å². The van der Waals surface area contributed by atoms with Gasteiger partial charge in [-0.15, -0.1) is 0 Å². The highest BCUT2D eigenvalue weighted by Gasteiger charge is 2.42. The van der Waals surface area contributed by atoms with Crippen LogP contribution in [0.3, 0.4) is 0 Å². The first-order valence-electron chi connectivity index (χ1n) is 6.14. The number of carbonyl (C=O) groups excluding carboxylic acids is 1. The second-order valence-corrected chi connectivity index (χ2v) is 5.22. The fourth-order valence-corrected chi connectivity index (χ4v) is 3.84. The third-order valence-electron chi connectivity index (χ3n) is 4.34. The van der Waals surface area contributed by atoms with Crippen molar-refractivity contribution in [1.29, 1.82) is 0 Å². The minimum atomic E-state index is 0.527. The van der Waals surface area contributed by atoms with Crippen molar-refractivity contribution in [3.8, 4) is 0 Å². The molecule has 0 radical (unpaired) electrons. The molecule has 0 bridgehead atoms. The lowest BCUT2D eigenvalue weighted by Crippen LogP contribution is -2.58. The van der Waals surface area contributed by atoms with Crippen LogP contribution < -0.4 is 0 Å². The Kier molecular flexibility index (Phi) is 2.12. The van der Waals surface area contributed by atoms with Crippen molar-refractivity contribution in [2.45, 2.75) is 69.5 Å². The first-order chi connectivity index (χ1) is 6.84. The highest BCUT2D eigenvalue weighted by molar-refractivity contribution is 5.80. The van der Waals surface area contributed by atoms with E-state index in [0.29, 0.717) is 17.9 Å². The normalized spacial score (nSPS) is 43.4. The van der Waals surface area contributed by atoms with E-state index >= 15 is 0 Å². The van der Waals surface area contributed by atoms with Crippen molar-refractivity contribution in [2.75, 3.05) is 0 Å². The molecule has 0 saturated carbocycles. The predicted molar refractivity (Wildman–Crippen MR) is 55.1 cm³/mol. The van der Waals surface area contributed by atoms with Crippen LogP contribution in [0.2, 0.25) is 0 Å². The number of Topliss-reactive ketones (excluding diaryl/α,β-unsaturated/α-hetero) is 1. The molecule has 78 valence electrons. The average molecular weight is 193 g/mol. The minimum absolute atomic E-state index is 0.527. The third-order valence-corrected chi connectivity index (χ3v) is 4.34. The van der Waals surface area contributed by atoms with Crippen molar-refractivity contribution < 1.29 is 4.79 Å². The van der Waals surface area contributed by atoms with Gasteiger partial charge in [0.05, 0.1) is 0 Å². The summed E-state index contributed by atoms with van der Waals surface area (Å²) in [4.78, 5) is 14.3. The van der Waals surface area contributed by atoms with Gasteiger partial charge in [-0.3, -0.25) is 9.69 Å². The van der Waals surface area contributed by atoms with E-state index in [1.165, 1.54) is 38.5 Å². The molecule has 14 heavy (non-hydrogen) atoms. The molecule has 2 nitrogen and oxygen atoms in total. The summed E-state index contributed by atoms with van der Waals surface area (Å²) in [6.07, 6.45) is 9.75. The maximum atomic E-state index is 11.6. The number of hydrogen-bond acceptors (Lipinski definition) is 2. The van der Waals surface area contributed by atoms with Gasteiger partial charge in [0, 0.05) is 31.0 Å². The topological polar surface area (TPSA) is 20.3 Å². The average Bonchev–Trinajstić information content (AvgIpc) is 2.18. The Morgan fingerprint density at radius 2 is 1.36 bits per heavy atom. The standard InChI is InChI=1S/C12H19NO/c14-12-7-10-5-1-3-9-4-2-6-11(8-12)13(9)10/h9-11H,1-8H2/t9?,10-,11+. The largest absolute Gasteiger partial charge is 0.300 e. The van der Waals surface area contributed by atoms with Gasteiger partial charge in [0.2, 0.25) is 0 Å². The highest BCUT2D eigenvalue weighted by Crippen LogP contribution is 2.39. The van der Waals surface area contributed by atoms with Crippen molar-refractivity contribution in [3.05, 3.63) is 0 Å². The molecular weight excluding hydrogens is 174 g/mol. The summed E-state index contributed by atoms with van der Waals surface area (Å²) in [5.74, 6) is 0.527. The van der Waals surface area contributed by atoms with Gasteiger partial charge in [0.1, 0.15) is 5.78 Å². The molecule has 0 aromatic carbocycles. The van der Waals surface area contributed by atoms with Gasteiger partial charge in [-0.1, -0.05) is 12.8 Å². The molecular formula is C12H19NO. The molecule has 0 amide bonds. The number of carbonyl (C=O) groups is 1. The summed E-state index contributed by atoms with van der Waals surface area (Å²) in [6.45, 7) is 0. The molecule has 0 N–H and O–H groups in total. The highest BCUT2D eigenvalue weighted by atomic mass is 16.1. The van der Waals surface area contributed by atoms with Gasteiger partial charge in [-0.25, -0.2) is 0 Å². The number of nitrogens with zero attached hydrogens (tertiary/aromatic N) is 1. The van der Waals surface area contributed by atoms with Gasteiger partial charge in [0.25, 0.3) is 0 Å². The van der Waals surface area contributed by atoms with E-state index in [1.54, 1.807) is 0 Å². The summed E-state index contributed by atoms with van der Waals surface area (Å²) in [5, 5.41) is 0. The third kappa shape index (κ3) is 1.31. The second kappa shape index (κ2) is 3.34. The Morgan fingerprint density at radius 1 is 0.857 bits per heavy atom. The lowest BCUT2D eigenvalue weighted by Gasteiger charge is -2.52. The van der Waals surface area contributed by atoms with Gasteiger partial charge in [-0.05, 0) is 25.7 Å². The Balaban J connectivity index is 1.85. The fourth-order valence-electron chi connectivity index (χ4n) is 3.84. The van der Waals surface area contributed by atoms with Crippen LogP contribution in [0.4, 0.5) is 0 Å². The molecule has 0 aromatic heterocycles. The fraction of sp³-hybridized carbons (Fsp3) is 0.917. The van der Waals surface area contributed by atoms with Crippen LogP contribution >= 0.6 is 0 Å². The Bertz CT molecular complexity index is 229. The van der Waals surface area contributed by atoms with E-state index in [-0.39, 0.29) is 0 Å². The second-order valence-electron chi connectivity index (χ2n) is 5.22. The van der Waals surface area contributed by atoms with E-state index < -0.39 is 0 Å². The Morgan fingerprint density at radius 3 is 1.93 bits per heavy atom. The van der Waals surface area contributed by atoms with Gasteiger partial charge >= 0.3 is 0 Å². The van der Waals surface area contributed by atoms with Crippen LogP contribution in [0.1, 0.15) is 51.4 Å². The van der Waals surface area contributed by atoms with Crippen LogP contribution in [0, 0.1) is 0 Å². The van der Waals surface area contributed by atoms with E-state index in [9.17, 15) is 4.79 Å². The Hall–Kier alpha value is -0.370. The van der Waals surface area contributed by atoms with Crippen LogP contribution in [-0.2, 0) is 4.79 Å². The summed E-state index contributed by atoms with van der Waals surface area (Å²) in [6, 6.07) is 2.08. The number of hydrogen-bond donors (Lipinski definition) is 0. The first kappa shape index (κ1) is 8.90. The molecule has 3 aliphatic heterocycles. The zero-order valence-corrected chi connectivity index (χ0v) is 8.74. The molecule has 0 aromatic rings. The molecule has 0 spiro atoms. The molecule has 3 rings (SSSR count). The van der Waals surface area contributed by atoms with Crippen molar-refractivity contribution >= 4 is 5.78 Å². The van der Waals surface area contributed by atoms with Crippen LogP contribution in [0.15, 0.2) is 0 Å². The minimum Gasteiger partial charge on any atom is -0.300 e. The predicted octanol–water partition coefficient (Wildman–Crippen LogP) is 2.12. The maximum absolute atomic E-state index is 11.6. The van der Waals surface area contributed by atoms with Crippen LogP contribution in [-0.4, -0.2) is 28.8 Å². The van der Waals surface area contributed by atoms with Crippen LogP contribution in [0.25, 0.3) is 0 Å². The smallest absolute Gasteiger partial charge is 0.136 e. The van der Waals surface area contributed by atoms with Crippen molar-refractivity contribution in [1.82, 2.24) is 4.90 Å². The molecule has 0 aliphatic carbocycles. The maximum Gasteiger partial charge on any atom is 0.136 e.